The highest BCUT2D eigenvalue weighted by Crippen LogP contribution is 2.40. The molecule has 4 heteroatoms. The molecular formula is C14H23NO3. The van der Waals surface area contributed by atoms with Crippen LogP contribution in [0.25, 0.3) is 0 Å². The topological polar surface area (TPSA) is 53.7 Å². The number of benzene rings is 1. The van der Waals surface area contributed by atoms with Crippen molar-refractivity contribution in [2.45, 2.75) is 33.7 Å². The first-order valence-electron chi connectivity index (χ1n) is 6.45. The summed E-state index contributed by atoms with van der Waals surface area (Å²) in [6.45, 7) is 9.47. The molecule has 0 heterocycles. The number of rotatable bonds is 7. The zero-order chi connectivity index (χ0) is 13.5. The Morgan fingerprint density at radius 1 is 0.944 bits per heavy atom. The molecule has 18 heavy (non-hydrogen) atoms. The molecule has 1 aromatic rings. The minimum absolute atomic E-state index is 0.0703. The van der Waals surface area contributed by atoms with Crippen LogP contribution in [0.4, 0.5) is 0 Å². The Morgan fingerprint density at radius 2 is 1.39 bits per heavy atom. The van der Waals surface area contributed by atoms with E-state index < -0.39 is 0 Å². The van der Waals surface area contributed by atoms with Crippen molar-refractivity contribution in [2.24, 2.45) is 5.73 Å². The van der Waals surface area contributed by atoms with Gasteiger partial charge in [0, 0.05) is 6.04 Å². The Balaban J connectivity index is 3.24. The molecular weight excluding hydrogens is 230 g/mol. The van der Waals surface area contributed by atoms with Gasteiger partial charge in [0.2, 0.25) is 5.75 Å². The molecule has 1 unspecified atom stereocenters. The first-order chi connectivity index (χ1) is 8.63. The predicted molar refractivity (Wildman–Crippen MR) is 72.6 cm³/mol. The highest BCUT2D eigenvalue weighted by molar-refractivity contribution is 5.54. The number of hydrogen-bond donors (Lipinski definition) is 1. The van der Waals surface area contributed by atoms with Crippen LogP contribution in [0, 0.1) is 0 Å². The molecule has 4 nitrogen and oxygen atoms in total. The Bertz CT molecular complexity index is 350. The van der Waals surface area contributed by atoms with Crippen molar-refractivity contribution in [1.82, 2.24) is 0 Å². The van der Waals surface area contributed by atoms with Crippen molar-refractivity contribution in [3.8, 4) is 17.2 Å². The SMILES string of the molecule is CCOc1cc(C(C)N)cc(OCC)c1OCC. The number of nitrogens with two attached hydrogens (primary N) is 1. The van der Waals surface area contributed by atoms with Crippen LogP contribution < -0.4 is 19.9 Å². The Kier molecular flexibility index (Phi) is 5.78. The van der Waals surface area contributed by atoms with Gasteiger partial charge in [-0.05, 0) is 45.4 Å². The quantitative estimate of drug-likeness (QED) is 0.811. The molecule has 2 N–H and O–H groups in total. The molecule has 1 atom stereocenters. The summed E-state index contributed by atoms with van der Waals surface area (Å²) in [5, 5.41) is 0. The van der Waals surface area contributed by atoms with Crippen molar-refractivity contribution in [1.29, 1.82) is 0 Å². The number of hydrogen-bond acceptors (Lipinski definition) is 4. The van der Waals surface area contributed by atoms with Crippen LogP contribution in [0.5, 0.6) is 17.2 Å². The fraction of sp³-hybridized carbons (Fsp3) is 0.571. The third kappa shape index (κ3) is 3.53. The van der Waals surface area contributed by atoms with E-state index in [-0.39, 0.29) is 6.04 Å². The molecule has 0 aliphatic carbocycles. The van der Waals surface area contributed by atoms with Gasteiger partial charge in [-0.2, -0.15) is 0 Å². The Hall–Kier alpha value is -1.42. The van der Waals surface area contributed by atoms with Crippen molar-refractivity contribution >= 4 is 0 Å². The molecule has 0 bridgehead atoms. The lowest BCUT2D eigenvalue weighted by Gasteiger charge is -2.18. The van der Waals surface area contributed by atoms with Crippen LogP contribution in [0.3, 0.4) is 0 Å². The van der Waals surface area contributed by atoms with Gasteiger partial charge in [0.25, 0.3) is 0 Å². The van der Waals surface area contributed by atoms with Crippen molar-refractivity contribution in [3.05, 3.63) is 17.7 Å². The molecule has 0 aromatic heterocycles. The lowest BCUT2D eigenvalue weighted by Crippen LogP contribution is -2.08. The molecule has 0 fully saturated rings. The predicted octanol–water partition coefficient (Wildman–Crippen LogP) is 2.90. The highest BCUT2D eigenvalue weighted by Gasteiger charge is 2.16. The Labute approximate surface area is 109 Å². The first kappa shape index (κ1) is 14.6. The van der Waals surface area contributed by atoms with E-state index in [0.717, 1.165) is 5.56 Å². The summed E-state index contributed by atoms with van der Waals surface area (Å²) in [7, 11) is 0. The van der Waals surface area contributed by atoms with Gasteiger partial charge in [-0.15, -0.1) is 0 Å². The summed E-state index contributed by atoms with van der Waals surface area (Å²) in [4.78, 5) is 0. The second-order valence-electron chi connectivity index (χ2n) is 3.93. The third-order valence-electron chi connectivity index (χ3n) is 2.46. The van der Waals surface area contributed by atoms with E-state index in [0.29, 0.717) is 37.1 Å². The zero-order valence-corrected chi connectivity index (χ0v) is 11.7. The first-order valence-corrected chi connectivity index (χ1v) is 6.45. The lowest BCUT2D eigenvalue weighted by atomic mass is 10.1. The average molecular weight is 253 g/mol. The normalized spacial score (nSPS) is 12.1. The van der Waals surface area contributed by atoms with Gasteiger partial charge in [0.15, 0.2) is 11.5 Å². The van der Waals surface area contributed by atoms with Crippen LogP contribution in [-0.2, 0) is 0 Å². The molecule has 0 saturated heterocycles. The fourth-order valence-electron chi connectivity index (χ4n) is 1.67. The van der Waals surface area contributed by atoms with Gasteiger partial charge in [0.05, 0.1) is 19.8 Å². The smallest absolute Gasteiger partial charge is 0.203 e. The molecule has 0 spiro atoms. The molecule has 0 aliphatic heterocycles. The minimum atomic E-state index is -0.0703. The van der Waals surface area contributed by atoms with Crippen LogP contribution in [0.2, 0.25) is 0 Å². The van der Waals surface area contributed by atoms with Crippen LogP contribution >= 0.6 is 0 Å². The highest BCUT2D eigenvalue weighted by atomic mass is 16.5. The van der Waals surface area contributed by atoms with E-state index in [2.05, 4.69) is 0 Å². The van der Waals surface area contributed by atoms with Gasteiger partial charge in [-0.25, -0.2) is 0 Å². The second kappa shape index (κ2) is 7.11. The van der Waals surface area contributed by atoms with Gasteiger partial charge in [0.1, 0.15) is 0 Å². The summed E-state index contributed by atoms with van der Waals surface area (Å²) < 4.78 is 16.8. The minimum Gasteiger partial charge on any atom is -0.490 e. The van der Waals surface area contributed by atoms with E-state index in [4.69, 9.17) is 19.9 Å². The van der Waals surface area contributed by atoms with E-state index in [1.54, 1.807) is 0 Å². The summed E-state index contributed by atoms with van der Waals surface area (Å²) >= 11 is 0. The summed E-state index contributed by atoms with van der Waals surface area (Å²) in [6, 6.07) is 3.77. The van der Waals surface area contributed by atoms with Crippen LogP contribution in [0.1, 0.15) is 39.3 Å². The molecule has 0 aliphatic rings. The molecule has 1 rings (SSSR count). The fourth-order valence-corrected chi connectivity index (χ4v) is 1.67. The maximum atomic E-state index is 5.92. The van der Waals surface area contributed by atoms with Crippen LogP contribution in [0.15, 0.2) is 12.1 Å². The molecule has 1 aromatic carbocycles. The van der Waals surface area contributed by atoms with E-state index in [1.807, 2.05) is 39.8 Å². The Morgan fingerprint density at radius 3 is 1.72 bits per heavy atom. The van der Waals surface area contributed by atoms with Gasteiger partial charge in [-0.1, -0.05) is 0 Å². The lowest BCUT2D eigenvalue weighted by molar-refractivity contribution is 0.260. The zero-order valence-electron chi connectivity index (χ0n) is 11.7. The maximum absolute atomic E-state index is 5.92. The average Bonchev–Trinajstić information content (AvgIpc) is 2.33. The van der Waals surface area contributed by atoms with Gasteiger partial charge >= 0.3 is 0 Å². The van der Waals surface area contributed by atoms with Crippen LogP contribution in [-0.4, -0.2) is 19.8 Å². The summed E-state index contributed by atoms with van der Waals surface area (Å²) in [5.41, 5.74) is 6.89. The third-order valence-corrected chi connectivity index (χ3v) is 2.46. The molecule has 0 amide bonds. The van der Waals surface area contributed by atoms with Crippen molar-refractivity contribution in [3.63, 3.8) is 0 Å². The summed E-state index contributed by atoms with van der Waals surface area (Å²) in [5.74, 6) is 2.04. The maximum Gasteiger partial charge on any atom is 0.203 e. The van der Waals surface area contributed by atoms with Crippen molar-refractivity contribution < 1.29 is 14.2 Å². The van der Waals surface area contributed by atoms with E-state index >= 15 is 0 Å². The monoisotopic (exact) mass is 253 g/mol. The largest absolute Gasteiger partial charge is 0.490 e. The molecule has 0 saturated carbocycles. The van der Waals surface area contributed by atoms with Gasteiger partial charge in [-0.3, -0.25) is 0 Å². The van der Waals surface area contributed by atoms with E-state index in [1.165, 1.54) is 0 Å². The molecule has 0 radical (unpaired) electrons. The number of ether oxygens (including phenoxy) is 3. The van der Waals surface area contributed by atoms with E-state index in [9.17, 15) is 0 Å². The standard InChI is InChI=1S/C14H23NO3/c1-5-16-12-8-11(10(4)15)9-13(17-6-2)14(12)18-7-3/h8-10H,5-7,15H2,1-4H3. The van der Waals surface area contributed by atoms with Gasteiger partial charge < -0.3 is 19.9 Å². The molecule has 102 valence electrons. The summed E-state index contributed by atoms with van der Waals surface area (Å²) in [6.07, 6.45) is 0. The van der Waals surface area contributed by atoms with Crippen molar-refractivity contribution in [2.75, 3.05) is 19.8 Å². The second-order valence-corrected chi connectivity index (χ2v) is 3.93.